The van der Waals surface area contributed by atoms with Gasteiger partial charge in [0.05, 0.1) is 33.3 Å². The van der Waals surface area contributed by atoms with E-state index in [9.17, 15) is 0 Å². The first kappa shape index (κ1) is 29.8. The van der Waals surface area contributed by atoms with Crippen LogP contribution in [0.5, 0.6) is 0 Å². The molecule has 0 fully saturated rings. The normalized spacial score (nSPS) is 12.3. The Kier molecular flexibility index (Phi) is 5.86. The lowest BCUT2D eigenvalue weighted by atomic mass is 9.96. The summed E-state index contributed by atoms with van der Waals surface area (Å²) < 4.78 is 4.63. The molecule has 3 aromatic heterocycles. The van der Waals surface area contributed by atoms with Gasteiger partial charge in [-0.05, 0) is 104 Å². The molecule has 12 aromatic rings. The van der Waals surface area contributed by atoms with Crippen LogP contribution in [0.15, 0.2) is 182 Å². The predicted molar refractivity (Wildman–Crippen MR) is 233 cm³/mol. The second-order valence-corrected chi connectivity index (χ2v) is 15.0. The van der Waals surface area contributed by atoms with Crippen molar-refractivity contribution in [3.05, 3.63) is 182 Å². The van der Waals surface area contributed by atoms with E-state index in [0.29, 0.717) is 5.95 Å². The fraction of sp³-hybridized carbons (Fsp3) is 0. The molecule has 0 spiro atoms. The van der Waals surface area contributed by atoms with Crippen molar-refractivity contribution in [1.29, 1.82) is 0 Å². The molecule has 13 rings (SSSR count). The molecule has 0 radical (unpaired) electrons. The highest BCUT2D eigenvalue weighted by molar-refractivity contribution is 6.22. The van der Waals surface area contributed by atoms with Crippen molar-refractivity contribution < 1.29 is 0 Å². The number of para-hydroxylation sites is 3. The Bertz CT molecular complexity index is 3650. The van der Waals surface area contributed by atoms with Crippen LogP contribution in [0.3, 0.4) is 0 Å². The van der Waals surface area contributed by atoms with Gasteiger partial charge in [-0.1, -0.05) is 121 Å². The standard InChI is InChI=1S/C52H30N4/c1-2-11-36(12-3-1)55-46-20-9-7-16-42(46)49-37-25-23-32(27-34(37)24-26-47(49)55)31-21-22-33-30-48-43(29-35(33)28-31)39-14-6-8-19-45(39)56(48)52-53-44-18-10-17-40-38-13-4-5-15-41(38)51(54-52)50(40)44/h1-30H. The summed E-state index contributed by atoms with van der Waals surface area (Å²) in [6.07, 6.45) is 0. The minimum atomic E-state index is 0.695. The van der Waals surface area contributed by atoms with Gasteiger partial charge in [0.25, 0.3) is 0 Å². The quantitative estimate of drug-likeness (QED) is 0.183. The molecule has 0 amide bonds. The molecule has 0 N–H and O–H groups in total. The van der Waals surface area contributed by atoms with E-state index in [2.05, 4.69) is 191 Å². The zero-order chi connectivity index (χ0) is 36.5. The molecular weight excluding hydrogens is 681 g/mol. The maximum absolute atomic E-state index is 5.32. The van der Waals surface area contributed by atoms with Crippen molar-refractivity contribution >= 4 is 76.1 Å². The second kappa shape index (κ2) is 11.0. The molecule has 56 heavy (non-hydrogen) atoms. The monoisotopic (exact) mass is 710 g/mol. The summed E-state index contributed by atoms with van der Waals surface area (Å²) in [5.41, 5.74) is 13.8. The largest absolute Gasteiger partial charge is 0.309 e. The molecule has 1 aliphatic carbocycles. The van der Waals surface area contributed by atoms with E-state index < -0.39 is 0 Å². The number of nitrogens with zero attached hydrogens (tertiary/aromatic N) is 4. The lowest BCUT2D eigenvalue weighted by Crippen LogP contribution is -2.02. The summed E-state index contributed by atoms with van der Waals surface area (Å²) in [5, 5.41) is 11.0. The lowest BCUT2D eigenvalue weighted by Gasteiger charge is -2.11. The van der Waals surface area contributed by atoms with E-state index in [1.165, 1.54) is 82.1 Å². The van der Waals surface area contributed by atoms with E-state index >= 15 is 0 Å². The summed E-state index contributed by atoms with van der Waals surface area (Å²) in [6, 6.07) is 66.1. The van der Waals surface area contributed by atoms with Gasteiger partial charge < -0.3 is 4.57 Å². The van der Waals surface area contributed by atoms with Gasteiger partial charge in [0.2, 0.25) is 5.95 Å². The number of benzene rings is 9. The molecule has 1 aliphatic rings. The third-order valence-electron chi connectivity index (χ3n) is 12.0. The van der Waals surface area contributed by atoms with Crippen LogP contribution in [-0.2, 0) is 0 Å². The van der Waals surface area contributed by atoms with E-state index in [-0.39, 0.29) is 0 Å². The summed E-state index contributed by atoms with van der Waals surface area (Å²) in [6.45, 7) is 0. The van der Waals surface area contributed by atoms with E-state index in [0.717, 1.165) is 33.2 Å². The van der Waals surface area contributed by atoms with Gasteiger partial charge in [0.1, 0.15) is 0 Å². The van der Waals surface area contributed by atoms with Crippen LogP contribution < -0.4 is 0 Å². The average molecular weight is 711 g/mol. The number of rotatable bonds is 3. The zero-order valence-electron chi connectivity index (χ0n) is 30.1. The zero-order valence-corrected chi connectivity index (χ0v) is 30.1. The molecule has 0 saturated heterocycles. The van der Waals surface area contributed by atoms with E-state index in [4.69, 9.17) is 9.97 Å². The Morgan fingerprint density at radius 1 is 0.339 bits per heavy atom. The molecule has 0 aliphatic heterocycles. The van der Waals surface area contributed by atoms with Gasteiger partial charge in [-0.15, -0.1) is 0 Å². The van der Waals surface area contributed by atoms with Crippen LogP contribution in [0.4, 0.5) is 0 Å². The van der Waals surface area contributed by atoms with Crippen LogP contribution in [0, 0.1) is 0 Å². The molecule has 0 saturated carbocycles. The maximum Gasteiger partial charge on any atom is 0.235 e. The van der Waals surface area contributed by atoms with Crippen LogP contribution in [0.1, 0.15) is 0 Å². The molecule has 258 valence electrons. The van der Waals surface area contributed by atoms with E-state index in [1.807, 2.05) is 0 Å². The number of hydrogen-bond donors (Lipinski definition) is 0. The Hall–Kier alpha value is -7.56. The average Bonchev–Trinajstić information content (AvgIpc) is 3.89. The van der Waals surface area contributed by atoms with Gasteiger partial charge in [0.15, 0.2) is 0 Å². The van der Waals surface area contributed by atoms with Crippen molar-refractivity contribution in [2.24, 2.45) is 0 Å². The number of hydrogen-bond acceptors (Lipinski definition) is 2. The number of aromatic nitrogens is 4. The molecule has 4 nitrogen and oxygen atoms in total. The summed E-state index contributed by atoms with van der Waals surface area (Å²) in [4.78, 5) is 10.5. The number of fused-ring (bicyclic) bond motifs is 12. The first-order valence-corrected chi connectivity index (χ1v) is 19.2. The third-order valence-corrected chi connectivity index (χ3v) is 12.0. The summed E-state index contributed by atoms with van der Waals surface area (Å²) >= 11 is 0. The Morgan fingerprint density at radius 3 is 1.91 bits per heavy atom. The van der Waals surface area contributed by atoms with Gasteiger partial charge in [-0.3, -0.25) is 4.57 Å². The SMILES string of the molecule is c1ccc(-n2c3ccccc3c3c4ccc(-c5ccc6cc7c(cc6c5)c5ccccc5n7-c5nc6c7c(cccc7n5)-c5ccccc5-6)cc4ccc32)cc1. The smallest absolute Gasteiger partial charge is 0.235 e. The van der Waals surface area contributed by atoms with Crippen LogP contribution in [0.25, 0.3) is 121 Å². The molecule has 0 bridgehead atoms. The highest BCUT2D eigenvalue weighted by atomic mass is 15.2. The summed E-state index contributed by atoms with van der Waals surface area (Å²) in [7, 11) is 0. The predicted octanol–water partition coefficient (Wildman–Crippen LogP) is 13.4. The second-order valence-electron chi connectivity index (χ2n) is 15.0. The fourth-order valence-corrected chi connectivity index (χ4v) is 9.55. The highest BCUT2D eigenvalue weighted by Crippen LogP contribution is 2.46. The van der Waals surface area contributed by atoms with Gasteiger partial charge in [-0.25, -0.2) is 9.97 Å². The Morgan fingerprint density at radius 2 is 1.04 bits per heavy atom. The van der Waals surface area contributed by atoms with Crippen molar-refractivity contribution in [2.45, 2.75) is 0 Å². The Labute approximate surface area is 321 Å². The molecule has 4 heteroatoms. The van der Waals surface area contributed by atoms with Gasteiger partial charge in [0, 0.05) is 38.2 Å². The van der Waals surface area contributed by atoms with Crippen molar-refractivity contribution in [1.82, 2.24) is 19.1 Å². The van der Waals surface area contributed by atoms with Crippen molar-refractivity contribution in [3.63, 3.8) is 0 Å². The first-order valence-electron chi connectivity index (χ1n) is 19.2. The van der Waals surface area contributed by atoms with Crippen LogP contribution in [0.2, 0.25) is 0 Å². The lowest BCUT2D eigenvalue weighted by molar-refractivity contribution is 1.02. The van der Waals surface area contributed by atoms with Crippen molar-refractivity contribution in [3.8, 4) is 45.1 Å². The first-order chi connectivity index (χ1) is 27.8. The highest BCUT2D eigenvalue weighted by Gasteiger charge is 2.25. The topological polar surface area (TPSA) is 35.6 Å². The molecule has 9 aromatic carbocycles. The third kappa shape index (κ3) is 4.02. The molecule has 0 atom stereocenters. The molecule has 0 unspecified atom stereocenters. The van der Waals surface area contributed by atoms with E-state index in [1.54, 1.807) is 0 Å². The van der Waals surface area contributed by atoms with Crippen LogP contribution in [-0.4, -0.2) is 19.1 Å². The molecular formula is C52H30N4. The van der Waals surface area contributed by atoms with Gasteiger partial charge >= 0.3 is 0 Å². The fourth-order valence-electron chi connectivity index (χ4n) is 9.55. The van der Waals surface area contributed by atoms with Crippen LogP contribution >= 0.6 is 0 Å². The van der Waals surface area contributed by atoms with Crippen molar-refractivity contribution in [2.75, 3.05) is 0 Å². The summed E-state index contributed by atoms with van der Waals surface area (Å²) in [5.74, 6) is 0.695. The minimum Gasteiger partial charge on any atom is -0.309 e. The van der Waals surface area contributed by atoms with Gasteiger partial charge in [-0.2, -0.15) is 0 Å². The minimum absolute atomic E-state index is 0.695. The Balaban J connectivity index is 0.973. The molecule has 3 heterocycles. The maximum atomic E-state index is 5.32.